The molecule has 0 heterocycles. The number of benzene rings is 1. The van der Waals surface area contributed by atoms with E-state index in [-0.39, 0.29) is 6.04 Å². The Balaban J connectivity index is 2.22. The molecule has 18 heavy (non-hydrogen) atoms. The van der Waals surface area contributed by atoms with E-state index in [2.05, 4.69) is 52.9 Å². The summed E-state index contributed by atoms with van der Waals surface area (Å²) in [6.45, 7) is 6.58. The first-order chi connectivity index (χ1) is 8.60. The van der Waals surface area contributed by atoms with Gasteiger partial charge in [-0.3, -0.25) is 0 Å². The van der Waals surface area contributed by atoms with Crippen molar-refractivity contribution in [2.45, 2.75) is 39.2 Å². The van der Waals surface area contributed by atoms with Gasteiger partial charge in [0.25, 0.3) is 0 Å². The molecule has 100 valence electrons. The molecule has 1 aliphatic carbocycles. The smallest absolute Gasteiger partial charge is 0.0400 e. The van der Waals surface area contributed by atoms with Gasteiger partial charge in [0, 0.05) is 29.3 Å². The second kappa shape index (κ2) is 6.07. The van der Waals surface area contributed by atoms with Gasteiger partial charge in [-0.15, -0.1) is 0 Å². The van der Waals surface area contributed by atoms with Crippen LogP contribution in [0.3, 0.4) is 0 Å². The van der Waals surface area contributed by atoms with Gasteiger partial charge < -0.3 is 10.6 Å². The maximum Gasteiger partial charge on any atom is 0.0400 e. The van der Waals surface area contributed by atoms with E-state index < -0.39 is 0 Å². The topological polar surface area (TPSA) is 29.3 Å². The minimum atomic E-state index is 0.206. The molecule has 0 saturated heterocycles. The zero-order valence-corrected chi connectivity index (χ0v) is 12.9. The third-order valence-corrected chi connectivity index (χ3v) is 3.97. The monoisotopic (exact) mass is 310 g/mol. The maximum absolute atomic E-state index is 5.96. The van der Waals surface area contributed by atoms with E-state index in [0.29, 0.717) is 0 Å². The van der Waals surface area contributed by atoms with Crippen molar-refractivity contribution in [2.24, 2.45) is 11.7 Å². The highest BCUT2D eigenvalue weighted by Gasteiger charge is 2.24. The van der Waals surface area contributed by atoms with Crippen molar-refractivity contribution in [2.75, 3.05) is 18.0 Å². The van der Waals surface area contributed by atoms with Crippen molar-refractivity contribution < 1.29 is 0 Å². The Kier molecular flexibility index (Phi) is 4.68. The number of hydrogen-bond acceptors (Lipinski definition) is 2. The lowest BCUT2D eigenvalue weighted by Gasteiger charge is -2.26. The van der Waals surface area contributed by atoms with E-state index in [1.54, 1.807) is 0 Å². The standard InChI is InChI=1S/C15H23BrN2/c1-3-18(10-12-4-5-12)15-7-6-14(16)9-13(15)8-11(2)17/h6-7,9,11-12H,3-5,8,10,17H2,1-2H3. The molecule has 0 aromatic heterocycles. The Hall–Kier alpha value is -0.540. The highest BCUT2D eigenvalue weighted by atomic mass is 79.9. The highest BCUT2D eigenvalue weighted by Crippen LogP contribution is 2.33. The van der Waals surface area contributed by atoms with E-state index in [1.165, 1.54) is 30.6 Å². The third-order valence-electron chi connectivity index (χ3n) is 3.48. The van der Waals surface area contributed by atoms with Crippen molar-refractivity contribution in [1.82, 2.24) is 0 Å². The van der Waals surface area contributed by atoms with Crippen LogP contribution in [0.1, 0.15) is 32.3 Å². The van der Waals surface area contributed by atoms with E-state index >= 15 is 0 Å². The fourth-order valence-corrected chi connectivity index (χ4v) is 2.79. The van der Waals surface area contributed by atoms with Gasteiger partial charge in [-0.2, -0.15) is 0 Å². The van der Waals surface area contributed by atoms with Gasteiger partial charge in [-0.25, -0.2) is 0 Å². The molecule has 3 heteroatoms. The average molecular weight is 311 g/mol. The van der Waals surface area contributed by atoms with Gasteiger partial charge in [0.15, 0.2) is 0 Å². The third kappa shape index (κ3) is 3.72. The van der Waals surface area contributed by atoms with Crippen molar-refractivity contribution in [1.29, 1.82) is 0 Å². The highest BCUT2D eigenvalue weighted by molar-refractivity contribution is 9.10. The summed E-state index contributed by atoms with van der Waals surface area (Å²) in [5.41, 5.74) is 8.69. The number of halogens is 1. The molecule has 1 aromatic rings. The SMILES string of the molecule is CCN(CC1CC1)c1ccc(Br)cc1CC(C)N. The molecule has 0 bridgehead atoms. The number of nitrogens with two attached hydrogens (primary N) is 1. The zero-order chi connectivity index (χ0) is 13.1. The summed E-state index contributed by atoms with van der Waals surface area (Å²) in [4.78, 5) is 2.50. The normalized spacial score (nSPS) is 16.7. The summed E-state index contributed by atoms with van der Waals surface area (Å²) in [5, 5.41) is 0. The van der Waals surface area contributed by atoms with E-state index in [9.17, 15) is 0 Å². The van der Waals surface area contributed by atoms with Crippen LogP contribution in [-0.2, 0) is 6.42 Å². The maximum atomic E-state index is 5.96. The summed E-state index contributed by atoms with van der Waals surface area (Å²) >= 11 is 3.56. The van der Waals surface area contributed by atoms with Crippen LogP contribution in [-0.4, -0.2) is 19.1 Å². The largest absolute Gasteiger partial charge is 0.371 e. The summed E-state index contributed by atoms with van der Waals surface area (Å²) < 4.78 is 1.14. The number of rotatable bonds is 6. The summed E-state index contributed by atoms with van der Waals surface area (Å²) in [5.74, 6) is 0.914. The van der Waals surface area contributed by atoms with E-state index in [1.807, 2.05) is 0 Å². The van der Waals surface area contributed by atoms with Crippen molar-refractivity contribution in [3.63, 3.8) is 0 Å². The van der Waals surface area contributed by atoms with Crippen LogP contribution in [0.4, 0.5) is 5.69 Å². The molecular weight excluding hydrogens is 288 g/mol. The summed E-state index contributed by atoms with van der Waals surface area (Å²) in [7, 11) is 0. The van der Waals surface area contributed by atoms with Crippen LogP contribution in [0.5, 0.6) is 0 Å². The molecule has 0 radical (unpaired) electrons. The van der Waals surface area contributed by atoms with Gasteiger partial charge >= 0.3 is 0 Å². The molecule has 2 nitrogen and oxygen atoms in total. The number of hydrogen-bond donors (Lipinski definition) is 1. The number of anilines is 1. The average Bonchev–Trinajstić information content (AvgIpc) is 3.10. The van der Waals surface area contributed by atoms with Crippen LogP contribution in [0.2, 0.25) is 0 Å². The Morgan fingerprint density at radius 2 is 2.17 bits per heavy atom. The molecule has 1 saturated carbocycles. The molecule has 1 atom stereocenters. The van der Waals surface area contributed by atoms with Crippen LogP contribution >= 0.6 is 15.9 Å². The first-order valence-corrected chi connectivity index (χ1v) is 7.68. The Morgan fingerprint density at radius 3 is 2.72 bits per heavy atom. The second-order valence-corrected chi connectivity index (χ2v) is 6.35. The molecule has 0 aliphatic heterocycles. The van der Waals surface area contributed by atoms with Crippen molar-refractivity contribution in [3.8, 4) is 0 Å². The summed E-state index contributed by atoms with van der Waals surface area (Å²) in [6.07, 6.45) is 3.74. The van der Waals surface area contributed by atoms with Crippen LogP contribution in [0.15, 0.2) is 22.7 Å². The Bertz CT molecular complexity index is 399. The van der Waals surface area contributed by atoms with Crippen molar-refractivity contribution >= 4 is 21.6 Å². The molecule has 1 unspecified atom stereocenters. The Morgan fingerprint density at radius 1 is 1.44 bits per heavy atom. The lowest BCUT2D eigenvalue weighted by Crippen LogP contribution is -2.27. The van der Waals surface area contributed by atoms with Crippen molar-refractivity contribution in [3.05, 3.63) is 28.2 Å². The molecule has 1 aromatic carbocycles. The molecule has 0 spiro atoms. The first kappa shape index (κ1) is 13.9. The lowest BCUT2D eigenvalue weighted by molar-refractivity contribution is 0.712. The van der Waals surface area contributed by atoms with Gasteiger partial charge in [0.1, 0.15) is 0 Å². The number of nitrogens with zero attached hydrogens (tertiary/aromatic N) is 1. The Labute approximate surface area is 119 Å². The fourth-order valence-electron chi connectivity index (χ4n) is 2.38. The predicted octanol–water partition coefficient (Wildman–Crippen LogP) is 3.58. The van der Waals surface area contributed by atoms with E-state index in [0.717, 1.165) is 23.4 Å². The first-order valence-electron chi connectivity index (χ1n) is 6.89. The van der Waals surface area contributed by atoms with Gasteiger partial charge in [-0.1, -0.05) is 15.9 Å². The quantitative estimate of drug-likeness (QED) is 0.870. The van der Waals surface area contributed by atoms with Crippen LogP contribution < -0.4 is 10.6 Å². The van der Waals surface area contributed by atoms with Crippen LogP contribution in [0.25, 0.3) is 0 Å². The fraction of sp³-hybridized carbons (Fsp3) is 0.600. The molecule has 0 amide bonds. The van der Waals surface area contributed by atoms with E-state index in [4.69, 9.17) is 5.73 Å². The van der Waals surface area contributed by atoms with Crippen LogP contribution in [0, 0.1) is 5.92 Å². The molecule has 2 N–H and O–H groups in total. The van der Waals surface area contributed by atoms with Gasteiger partial charge in [0.2, 0.25) is 0 Å². The summed E-state index contributed by atoms with van der Waals surface area (Å²) in [6, 6.07) is 6.79. The second-order valence-electron chi connectivity index (χ2n) is 5.44. The van der Waals surface area contributed by atoms with Gasteiger partial charge in [-0.05, 0) is 62.8 Å². The molecule has 2 rings (SSSR count). The predicted molar refractivity (Wildman–Crippen MR) is 82.1 cm³/mol. The molecule has 1 aliphatic rings. The minimum absolute atomic E-state index is 0.206. The van der Waals surface area contributed by atoms with Gasteiger partial charge in [0.05, 0.1) is 0 Å². The zero-order valence-electron chi connectivity index (χ0n) is 11.3. The minimum Gasteiger partial charge on any atom is -0.371 e. The lowest BCUT2D eigenvalue weighted by atomic mass is 10.0. The molecular formula is C15H23BrN2. The molecule has 1 fully saturated rings.